The number of amides is 2. The maximum absolute atomic E-state index is 14.4. The Labute approximate surface area is 259 Å². The van der Waals surface area contributed by atoms with E-state index in [9.17, 15) is 18.0 Å². The molecule has 0 aromatic heterocycles. The summed E-state index contributed by atoms with van der Waals surface area (Å²) < 4.78 is 29.3. The normalized spacial score (nSPS) is 11.9. The third-order valence-corrected chi connectivity index (χ3v) is 9.06. The first kappa shape index (κ1) is 31.8. The van der Waals surface area contributed by atoms with Crippen LogP contribution in [0.15, 0.2) is 108 Å². The molecule has 0 aliphatic carbocycles. The van der Waals surface area contributed by atoms with Crippen molar-refractivity contribution in [1.29, 1.82) is 0 Å². The van der Waals surface area contributed by atoms with Gasteiger partial charge in [-0.1, -0.05) is 83.9 Å². The first-order valence-electron chi connectivity index (χ1n) is 14.1. The summed E-state index contributed by atoms with van der Waals surface area (Å²) in [6.45, 7) is 5.47. The number of rotatable bonds is 12. The van der Waals surface area contributed by atoms with Gasteiger partial charge >= 0.3 is 0 Å². The van der Waals surface area contributed by atoms with Crippen molar-refractivity contribution in [2.75, 3.05) is 17.4 Å². The van der Waals surface area contributed by atoms with E-state index in [1.54, 1.807) is 48.5 Å². The number of halogens is 1. The van der Waals surface area contributed by atoms with Crippen molar-refractivity contribution in [3.63, 3.8) is 0 Å². The van der Waals surface area contributed by atoms with Crippen LogP contribution in [0.25, 0.3) is 0 Å². The zero-order valence-corrected chi connectivity index (χ0v) is 26.1. The predicted octanol–water partition coefficient (Wildman–Crippen LogP) is 5.93. The number of benzene rings is 4. The number of aryl methyl sites for hydroxylation is 2. The summed E-state index contributed by atoms with van der Waals surface area (Å²) >= 11 is 6.28. The van der Waals surface area contributed by atoms with Crippen LogP contribution in [0.1, 0.15) is 29.2 Å². The van der Waals surface area contributed by atoms with Gasteiger partial charge in [0.2, 0.25) is 11.8 Å². The minimum Gasteiger partial charge on any atom is -0.355 e. The number of carbonyl (C=O) groups is 2. The monoisotopic (exact) mass is 617 g/mol. The molecule has 0 aliphatic rings. The number of anilines is 1. The minimum atomic E-state index is -4.15. The quantitative estimate of drug-likeness (QED) is 0.214. The maximum Gasteiger partial charge on any atom is 0.264 e. The molecule has 0 spiro atoms. The van der Waals surface area contributed by atoms with E-state index in [2.05, 4.69) is 5.32 Å². The van der Waals surface area contributed by atoms with Crippen molar-refractivity contribution in [1.82, 2.24) is 10.2 Å². The van der Waals surface area contributed by atoms with Crippen molar-refractivity contribution in [2.45, 2.75) is 44.7 Å². The fraction of sp³-hybridized carbons (Fsp3) is 0.235. The predicted molar refractivity (Wildman–Crippen MR) is 172 cm³/mol. The summed E-state index contributed by atoms with van der Waals surface area (Å²) in [4.78, 5) is 29.4. The largest absolute Gasteiger partial charge is 0.355 e. The van der Waals surface area contributed by atoms with Gasteiger partial charge in [0.25, 0.3) is 10.0 Å². The van der Waals surface area contributed by atoms with E-state index in [-0.39, 0.29) is 23.8 Å². The first-order chi connectivity index (χ1) is 20.6. The second kappa shape index (κ2) is 14.4. The molecule has 43 heavy (non-hydrogen) atoms. The van der Waals surface area contributed by atoms with E-state index >= 15 is 0 Å². The SMILES string of the molecule is CCNC(=O)C(Cc1ccccc1)N(Cc1cccc(Cl)c1)C(=O)CN(c1cccc(C)c1)S(=O)(=O)c1ccc(C)cc1. The summed E-state index contributed by atoms with van der Waals surface area (Å²) in [5, 5.41) is 3.35. The van der Waals surface area contributed by atoms with Crippen LogP contribution < -0.4 is 9.62 Å². The second-order valence-corrected chi connectivity index (χ2v) is 12.7. The molecule has 0 aliphatic heterocycles. The Balaban J connectivity index is 1.80. The van der Waals surface area contributed by atoms with Crippen molar-refractivity contribution >= 4 is 39.1 Å². The van der Waals surface area contributed by atoms with Gasteiger partial charge in [0.1, 0.15) is 12.6 Å². The van der Waals surface area contributed by atoms with E-state index in [1.807, 2.05) is 63.2 Å². The highest BCUT2D eigenvalue weighted by Crippen LogP contribution is 2.26. The molecule has 4 rings (SSSR count). The lowest BCUT2D eigenvalue weighted by molar-refractivity contribution is -0.140. The van der Waals surface area contributed by atoms with Gasteiger partial charge < -0.3 is 10.2 Å². The highest BCUT2D eigenvalue weighted by Gasteiger charge is 2.34. The van der Waals surface area contributed by atoms with E-state index in [0.29, 0.717) is 22.8 Å². The van der Waals surface area contributed by atoms with Gasteiger partial charge in [-0.3, -0.25) is 13.9 Å². The molecule has 0 fully saturated rings. The number of carbonyl (C=O) groups excluding carboxylic acids is 2. The van der Waals surface area contributed by atoms with Gasteiger partial charge in [-0.15, -0.1) is 0 Å². The molecule has 7 nitrogen and oxygen atoms in total. The molecule has 0 saturated heterocycles. The number of nitrogens with one attached hydrogen (secondary N) is 1. The summed E-state index contributed by atoms with van der Waals surface area (Å²) in [5.74, 6) is -0.852. The van der Waals surface area contributed by atoms with Crippen LogP contribution in [0.3, 0.4) is 0 Å². The van der Waals surface area contributed by atoms with E-state index in [1.165, 1.54) is 17.0 Å². The maximum atomic E-state index is 14.4. The number of nitrogens with zero attached hydrogens (tertiary/aromatic N) is 2. The number of hydrogen-bond donors (Lipinski definition) is 1. The molecule has 9 heteroatoms. The molecule has 1 atom stereocenters. The molecule has 0 radical (unpaired) electrons. The Hall–Kier alpha value is -4.14. The highest BCUT2D eigenvalue weighted by molar-refractivity contribution is 7.92. The molecule has 1 N–H and O–H groups in total. The van der Waals surface area contributed by atoms with Gasteiger partial charge in [-0.05, 0) is 73.9 Å². The Kier molecular flexibility index (Phi) is 10.6. The summed E-state index contributed by atoms with van der Waals surface area (Å²) in [5.41, 5.74) is 3.69. The highest BCUT2D eigenvalue weighted by atomic mass is 35.5. The Morgan fingerprint density at radius 2 is 1.49 bits per heavy atom. The minimum absolute atomic E-state index is 0.0558. The van der Waals surface area contributed by atoms with Crippen LogP contribution in [0.5, 0.6) is 0 Å². The number of likely N-dealkylation sites (N-methyl/N-ethyl adjacent to an activating group) is 1. The fourth-order valence-electron chi connectivity index (χ4n) is 4.83. The van der Waals surface area contributed by atoms with Crippen LogP contribution in [-0.2, 0) is 32.6 Å². The van der Waals surface area contributed by atoms with Crippen molar-refractivity contribution in [3.8, 4) is 0 Å². The second-order valence-electron chi connectivity index (χ2n) is 10.4. The molecule has 0 bridgehead atoms. The lowest BCUT2D eigenvalue weighted by Gasteiger charge is -2.34. The zero-order chi connectivity index (χ0) is 31.0. The van der Waals surface area contributed by atoms with E-state index in [4.69, 9.17) is 11.6 Å². The average molecular weight is 618 g/mol. The number of sulfonamides is 1. The van der Waals surface area contributed by atoms with Crippen molar-refractivity contribution in [3.05, 3.63) is 130 Å². The Morgan fingerprint density at radius 1 is 0.814 bits per heavy atom. The standard InChI is InChI=1S/C34H36ClN3O4S/c1-4-36-34(40)32(22-27-11-6-5-7-12-27)37(23-28-13-9-14-29(35)21-28)33(39)24-38(30-15-8-10-26(3)20-30)43(41,42)31-18-16-25(2)17-19-31/h5-21,32H,4,22-24H2,1-3H3,(H,36,40). The smallest absolute Gasteiger partial charge is 0.264 e. The van der Waals surface area contributed by atoms with Crippen LogP contribution in [0.4, 0.5) is 5.69 Å². The van der Waals surface area contributed by atoms with Crippen LogP contribution in [0.2, 0.25) is 5.02 Å². The van der Waals surface area contributed by atoms with Gasteiger partial charge in [0, 0.05) is 24.5 Å². The van der Waals surface area contributed by atoms with Gasteiger partial charge in [-0.25, -0.2) is 8.42 Å². The molecular weight excluding hydrogens is 582 g/mol. The third-order valence-electron chi connectivity index (χ3n) is 7.04. The molecule has 2 amide bonds. The van der Waals surface area contributed by atoms with Gasteiger partial charge in [0.05, 0.1) is 10.6 Å². The topological polar surface area (TPSA) is 86.8 Å². The summed E-state index contributed by atoms with van der Waals surface area (Å²) in [6, 6.07) is 29.1. The lowest BCUT2D eigenvalue weighted by Crippen LogP contribution is -2.53. The number of hydrogen-bond acceptors (Lipinski definition) is 4. The summed E-state index contributed by atoms with van der Waals surface area (Å²) in [7, 11) is -4.15. The molecule has 0 heterocycles. The Bertz CT molecular complexity index is 1660. The van der Waals surface area contributed by atoms with E-state index < -0.39 is 28.5 Å². The van der Waals surface area contributed by atoms with Gasteiger partial charge in [-0.2, -0.15) is 0 Å². The van der Waals surface area contributed by atoms with Crippen molar-refractivity contribution in [2.24, 2.45) is 0 Å². The van der Waals surface area contributed by atoms with Crippen LogP contribution in [0, 0.1) is 13.8 Å². The molecule has 4 aromatic rings. The fourth-order valence-corrected chi connectivity index (χ4v) is 6.45. The lowest BCUT2D eigenvalue weighted by atomic mass is 10.0. The molecule has 224 valence electrons. The Morgan fingerprint density at radius 3 is 2.14 bits per heavy atom. The molecule has 1 unspecified atom stereocenters. The molecule has 0 saturated carbocycles. The third kappa shape index (κ3) is 8.24. The zero-order valence-electron chi connectivity index (χ0n) is 24.5. The van der Waals surface area contributed by atoms with Crippen LogP contribution >= 0.6 is 11.6 Å². The first-order valence-corrected chi connectivity index (χ1v) is 15.9. The summed E-state index contributed by atoms with van der Waals surface area (Å²) in [6.07, 6.45) is 0.244. The van der Waals surface area contributed by atoms with Crippen LogP contribution in [-0.4, -0.2) is 44.3 Å². The van der Waals surface area contributed by atoms with Crippen molar-refractivity contribution < 1.29 is 18.0 Å². The van der Waals surface area contributed by atoms with Gasteiger partial charge in [0.15, 0.2) is 0 Å². The average Bonchev–Trinajstić information content (AvgIpc) is 2.98. The molecule has 4 aromatic carbocycles. The molecular formula is C34H36ClN3O4S. The van der Waals surface area contributed by atoms with E-state index in [0.717, 1.165) is 21.0 Å².